The Labute approximate surface area is 101 Å². The van der Waals surface area contributed by atoms with E-state index >= 15 is 0 Å². The molecular weight excluding hydrogens is 200 g/mol. The quantitative estimate of drug-likeness (QED) is 0.775. The summed E-state index contributed by atoms with van der Waals surface area (Å²) in [6.07, 6.45) is 0. The van der Waals surface area contributed by atoms with Crippen LogP contribution in [-0.2, 0) is 4.74 Å². The van der Waals surface area contributed by atoms with E-state index in [1.54, 1.807) is 0 Å². The molecule has 1 aliphatic heterocycles. The van der Waals surface area contributed by atoms with Crippen molar-refractivity contribution >= 4 is 0 Å². The van der Waals surface area contributed by atoms with Gasteiger partial charge in [0.15, 0.2) is 0 Å². The minimum absolute atomic E-state index is 0.199. The van der Waals surface area contributed by atoms with Crippen LogP contribution in [0.25, 0.3) is 0 Å². The Morgan fingerprint density at radius 1 is 1.31 bits per heavy atom. The molecule has 16 heavy (non-hydrogen) atoms. The zero-order chi connectivity index (χ0) is 12.2. The van der Waals surface area contributed by atoms with Gasteiger partial charge < -0.3 is 10.1 Å². The first-order chi connectivity index (χ1) is 7.42. The topological polar surface area (TPSA) is 24.5 Å². The highest BCUT2D eigenvalue weighted by Crippen LogP contribution is 2.20. The van der Waals surface area contributed by atoms with Crippen LogP contribution in [-0.4, -0.2) is 49.3 Å². The van der Waals surface area contributed by atoms with Crippen LogP contribution in [0.2, 0.25) is 0 Å². The molecule has 0 aromatic rings. The minimum atomic E-state index is 0.199. The van der Waals surface area contributed by atoms with Gasteiger partial charge in [-0.25, -0.2) is 0 Å². The summed E-state index contributed by atoms with van der Waals surface area (Å²) in [4.78, 5) is 2.56. The predicted molar refractivity (Wildman–Crippen MR) is 68.8 cm³/mol. The summed E-state index contributed by atoms with van der Waals surface area (Å²) in [6.45, 7) is 16.3. The summed E-state index contributed by atoms with van der Waals surface area (Å²) in [5, 5.41) is 3.50. The standard InChI is InChI=1S/C13H28N2O/c1-11(2)14-8-12(3)9-15-6-7-16-10-13(15,4)5/h11-12,14H,6-10H2,1-5H3. The number of hydrogen-bond acceptors (Lipinski definition) is 3. The highest BCUT2D eigenvalue weighted by molar-refractivity contribution is 4.85. The maximum absolute atomic E-state index is 5.54. The molecule has 1 aliphatic rings. The molecule has 0 aromatic heterocycles. The molecule has 96 valence electrons. The third kappa shape index (κ3) is 4.40. The fourth-order valence-corrected chi connectivity index (χ4v) is 2.11. The van der Waals surface area contributed by atoms with Gasteiger partial charge in [-0.2, -0.15) is 0 Å². The van der Waals surface area contributed by atoms with E-state index in [0.717, 1.165) is 32.8 Å². The van der Waals surface area contributed by atoms with E-state index < -0.39 is 0 Å². The molecule has 0 aliphatic carbocycles. The summed E-state index contributed by atoms with van der Waals surface area (Å²) >= 11 is 0. The van der Waals surface area contributed by atoms with Gasteiger partial charge in [0.25, 0.3) is 0 Å². The van der Waals surface area contributed by atoms with Gasteiger partial charge in [0.2, 0.25) is 0 Å². The second-order valence-corrected chi connectivity index (χ2v) is 5.98. The van der Waals surface area contributed by atoms with Gasteiger partial charge in [-0.15, -0.1) is 0 Å². The van der Waals surface area contributed by atoms with Crippen LogP contribution in [0.5, 0.6) is 0 Å². The molecule has 1 heterocycles. The highest BCUT2D eigenvalue weighted by Gasteiger charge is 2.30. The fourth-order valence-electron chi connectivity index (χ4n) is 2.11. The normalized spacial score (nSPS) is 23.6. The van der Waals surface area contributed by atoms with Crippen molar-refractivity contribution in [2.24, 2.45) is 5.92 Å². The van der Waals surface area contributed by atoms with E-state index in [-0.39, 0.29) is 5.54 Å². The molecule has 0 saturated carbocycles. The lowest BCUT2D eigenvalue weighted by Crippen LogP contribution is -2.54. The van der Waals surface area contributed by atoms with Crippen molar-refractivity contribution in [3.05, 3.63) is 0 Å². The van der Waals surface area contributed by atoms with Crippen molar-refractivity contribution in [1.29, 1.82) is 0 Å². The zero-order valence-electron chi connectivity index (χ0n) is 11.5. The van der Waals surface area contributed by atoms with Crippen LogP contribution in [0.3, 0.4) is 0 Å². The number of rotatable bonds is 5. The second-order valence-electron chi connectivity index (χ2n) is 5.98. The van der Waals surface area contributed by atoms with Gasteiger partial charge in [0.1, 0.15) is 0 Å². The molecule has 0 amide bonds. The van der Waals surface area contributed by atoms with Gasteiger partial charge in [-0.1, -0.05) is 20.8 Å². The Bertz CT molecular complexity index is 204. The molecule has 1 unspecified atom stereocenters. The molecule has 1 N–H and O–H groups in total. The first-order valence-corrected chi connectivity index (χ1v) is 6.48. The molecular formula is C13H28N2O. The number of nitrogens with zero attached hydrogens (tertiary/aromatic N) is 1. The van der Waals surface area contributed by atoms with Crippen molar-refractivity contribution in [2.75, 3.05) is 32.8 Å². The number of nitrogens with one attached hydrogen (secondary N) is 1. The predicted octanol–water partition coefficient (Wildman–Crippen LogP) is 1.73. The summed E-state index contributed by atoms with van der Waals surface area (Å²) in [5.41, 5.74) is 0.199. The molecule has 0 spiro atoms. The molecule has 0 radical (unpaired) electrons. The van der Waals surface area contributed by atoms with Gasteiger partial charge in [0, 0.05) is 24.7 Å². The average Bonchev–Trinajstić information content (AvgIpc) is 2.18. The SMILES string of the molecule is CC(CNC(C)C)CN1CCOCC1(C)C. The molecule has 3 nitrogen and oxygen atoms in total. The Balaban J connectivity index is 2.34. The van der Waals surface area contributed by atoms with Crippen LogP contribution < -0.4 is 5.32 Å². The summed E-state index contributed by atoms with van der Waals surface area (Å²) < 4.78 is 5.54. The highest BCUT2D eigenvalue weighted by atomic mass is 16.5. The maximum Gasteiger partial charge on any atom is 0.0645 e. The molecule has 1 atom stereocenters. The Hall–Kier alpha value is -0.120. The lowest BCUT2D eigenvalue weighted by molar-refractivity contribution is -0.0562. The van der Waals surface area contributed by atoms with Gasteiger partial charge >= 0.3 is 0 Å². The third-order valence-electron chi connectivity index (χ3n) is 3.22. The number of ether oxygens (including phenoxy) is 1. The molecule has 0 aromatic carbocycles. The van der Waals surface area contributed by atoms with Crippen LogP contribution >= 0.6 is 0 Å². The van der Waals surface area contributed by atoms with Crippen molar-refractivity contribution in [3.8, 4) is 0 Å². The Kier molecular flexibility index (Phi) is 5.22. The van der Waals surface area contributed by atoms with Crippen molar-refractivity contribution in [3.63, 3.8) is 0 Å². The van der Waals surface area contributed by atoms with Crippen LogP contribution in [0.4, 0.5) is 0 Å². The van der Waals surface area contributed by atoms with E-state index in [0.29, 0.717) is 12.0 Å². The molecule has 1 rings (SSSR count). The Morgan fingerprint density at radius 2 is 2.00 bits per heavy atom. The van der Waals surface area contributed by atoms with E-state index in [1.807, 2.05) is 0 Å². The first kappa shape index (κ1) is 13.9. The largest absolute Gasteiger partial charge is 0.378 e. The van der Waals surface area contributed by atoms with Crippen LogP contribution in [0.15, 0.2) is 0 Å². The summed E-state index contributed by atoms with van der Waals surface area (Å²) in [5.74, 6) is 0.694. The smallest absolute Gasteiger partial charge is 0.0645 e. The summed E-state index contributed by atoms with van der Waals surface area (Å²) in [7, 11) is 0. The van der Waals surface area contributed by atoms with E-state index in [1.165, 1.54) is 0 Å². The zero-order valence-corrected chi connectivity index (χ0v) is 11.5. The van der Waals surface area contributed by atoms with E-state index in [9.17, 15) is 0 Å². The monoisotopic (exact) mass is 228 g/mol. The number of hydrogen-bond donors (Lipinski definition) is 1. The van der Waals surface area contributed by atoms with Crippen LogP contribution in [0, 0.1) is 5.92 Å². The molecule has 1 saturated heterocycles. The fraction of sp³-hybridized carbons (Fsp3) is 1.00. The first-order valence-electron chi connectivity index (χ1n) is 6.48. The molecule has 3 heteroatoms. The summed E-state index contributed by atoms with van der Waals surface area (Å²) in [6, 6.07) is 0.583. The van der Waals surface area contributed by atoms with E-state index in [2.05, 4.69) is 44.8 Å². The van der Waals surface area contributed by atoms with Gasteiger partial charge in [0.05, 0.1) is 13.2 Å². The lowest BCUT2D eigenvalue weighted by atomic mass is 10.00. The van der Waals surface area contributed by atoms with Gasteiger partial charge in [-0.05, 0) is 26.3 Å². The number of morpholine rings is 1. The van der Waals surface area contributed by atoms with Crippen molar-refractivity contribution < 1.29 is 4.74 Å². The Morgan fingerprint density at radius 3 is 2.56 bits per heavy atom. The van der Waals surface area contributed by atoms with E-state index in [4.69, 9.17) is 4.74 Å². The molecule has 0 bridgehead atoms. The molecule has 1 fully saturated rings. The van der Waals surface area contributed by atoms with Crippen molar-refractivity contribution in [2.45, 2.75) is 46.2 Å². The van der Waals surface area contributed by atoms with Gasteiger partial charge in [-0.3, -0.25) is 4.90 Å². The third-order valence-corrected chi connectivity index (χ3v) is 3.22. The lowest BCUT2D eigenvalue weighted by Gasteiger charge is -2.43. The average molecular weight is 228 g/mol. The maximum atomic E-state index is 5.54. The van der Waals surface area contributed by atoms with Crippen molar-refractivity contribution in [1.82, 2.24) is 10.2 Å². The second kappa shape index (κ2) is 5.99. The minimum Gasteiger partial charge on any atom is -0.378 e. The van der Waals surface area contributed by atoms with Crippen LogP contribution in [0.1, 0.15) is 34.6 Å².